The summed E-state index contributed by atoms with van der Waals surface area (Å²) in [5.41, 5.74) is 0.798. The normalized spacial score (nSPS) is 21.4. The van der Waals surface area contributed by atoms with Crippen LogP contribution in [0.25, 0.3) is 10.9 Å². The summed E-state index contributed by atoms with van der Waals surface area (Å²) in [4.78, 5) is 13.2. The number of fused-ring (bicyclic) bond motifs is 1. The molecule has 1 amide bonds. The molecule has 1 aliphatic heterocycles. The van der Waals surface area contributed by atoms with Crippen molar-refractivity contribution in [3.05, 3.63) is 28.9 Å². The summed E-state index contributed by atoms with van der Waals surface area (Å²) in [5.74, 6) is -2.90. The average Bonchev–Trinajstić information content (AvgIpc) is 2.94. The summed E-state index contributed by atoms with van der Waals surface area (Å²) in [6.45, 7) is 0.934. The quantitative estimate of drug-likeness (QED) is 0.709. The number of hydrogen-bond donors (Lipinski definition) is 2. The number of aromatic nitrogens is 1. The Bertz CT molecular complexity index is 885. The van der Waals surface area contributed by atoms with Gasteiger partial charge in [0.1, 0.15) is 0 Å². The minimum Gasteiger partial charge on any atom is -0.395 e. The van der Waals surface area contributed by atoms with Gasteiger partial charge in [0.05, 0.1) is 36.4 Å². The van der Waals surface area contributed by atoms with E-state index in [4.69, 9.17) is 4.74 Å². The van der Waals surface area contributed by atoms with Crippen molar-refractivity contribution in [2.75, 3.05) is 25.1 Å². The molecule has 0 spiro atoms. The van der Waals surface area contributed by atoms with E-state index in [1.807, 2.05) is 29.0 Å². The van der Waals surface area contributed by atoms with Gasteiger partial charge in [0.2, 0.25) is 11.8 Å². The first-order valence-corrected chi connectivity index (χ1v) is 10.3. The van der Waals surface area contributed by atoms with Gasteiger partial charge in [-0.2, -0.15) is 0 Å². The zero-order valence-corrected chi connectivity index (χ0v) is 17.0. The lowest BCUT2D eigenvalue weighted by Crippen LogP contribution is -2.57. The Balaban J connectivity index is 1.61. The third-order valence-electron chi connectivity index (χ3n) is 6.11. The van der Waals surface area contributed by atoms with Crippen molar-refractivity contribution < 1.29 is 23.4 Å². The van der Waals surface area contributed by atoms with Crippen LogP contribution >= 0.6 is 15.9 Å². The molecule has 2 heterocycles. The highest BCUT2D eigenvalue weighted by Gasteiger charge is 2.54. The van der Waals surface area contributed by atoms with Gasteiger partial charge in [-0.05, 0) is 30.9 Å². The molecule has 1 aromatic carbocycles. The zero-order chi connectivity index (χ0) is 19.9. The van der Waals surface area contributed by atoms with E-state index in [0.717, 1.165) is 15.4 Å². The number of anilines is 1. The third-order valence-corrected chi connectivity index (χ3v) is 6.78. The number of hydrogen-bond acceptors (Lipinski definition) is 3. The Kier molecular flexibility index (Phi) is 5.22. The standard InChI is InChI=1S/C20H23BrF2N2O3/c21-14-2-1-3-16-17(14)15(10-25(16)8-9-26)24-18(27)19(11-28-12-19)13-4-6-20(22,23)7-5-13/h1-3,10,13,26H,4-9,11-12H2,(H,24,27). The minimum absolute atomic E-state index is 0.0161. The van der Waals surface area contributed by atoms with Crippen molar-refractivity contribution >= 4 is 38.4 Å². The smallest absolute Gasteiger partial charge is 0.248 e. The molecule has 28 heavy (non-hydrogen) atoms. The summed E-state index contributed by atoms with van der Waals surface area (Å²) in [6, 6.07) is 5.72. The fourth-order valence-electron chi connectivity index (χ4n) is 4.41. The molecule has 1 aliphatic carbocycles. The molecule has 1 saturated carbocycles. The molecule has 152 valence electrons. The SMILES string of the molecule is O=C(Nc1cn(CCO)c2cccc(Br)c12)C1(C2CCC(F)(F)CC2)COC1. The summed E-state index contributed by atoms with van der Waals surface area (Å²) < 4.78 is 35.2. The number of nitrogens with zero attached hydrogens (tertiary/aromatic N) is 1. The molecular weight excluding hydrogens is 434 g/mol. The van der Waals surface area contributed by atoms with Crippen LogP contribution in [0.3, 0.4) is 0 Å². The van der Waals surface area contributed by atoms with Gasteiger partial charge in [0, 0.05) is 35.4 Å². The van der Waals surface area contributed by atoms with Crippen LogP contribution in [-0.4, -0.2) is 41.3 Å². The molecule has 5 nitrogen and oxygen atoms in total. The second-order valence-electron chi connectivity index (χ2n) is 7.83. The van der Waals surface area contributed by atoms with Crippen LogP contribution in [0.1, 0.15) is 25.7 Å². The number of halogens is 3. The molecule has 1 saturated heterocycles. The predicted octanol–water partition coefficient (Wildman–Crippen LogP) is 4.18. The summed E-state index contributed by atoms with van der Waals surface area (Å²) in [5, 5.41) is 13.2. The van der Waals surface area contributed by atoms with Gasteiger partial charge in [0.25, 0.3) is 0 Å². The lowest BCUT2D eigenvalue weighted by atomic mass is 9.66. The first-order valence-electron chi connectivity index (χ1n) is 9.51. The molecule has 2 aliphatic rings. The average molecular weight is 457 g/mol. The van der Waals surface area contributed by atoms with Gasteiger partial charge < -0.3 is 19.7 Å². The van der Waals surface area contributed by atoms with E-state index in [1.54, 1.807) is 0 Å². The Morgan fingerprint density at radius 2 is 2.04 bits per heavy atom. The molecule has 0 bridgehead atoms. The lowest BCUT2D eigenvalue weighted by Gasteiger charge is -2.47. The second-order valence-corrected chi connectivity index (χ2v) is 8.68. The van der Waals surface area contributed by atoms with Crippen LogP contribution in [0.5, 0.6) is 0 Å². The van der Waals surface area contributed by atoms with Gasteiger partial charge in [0.15, 0.2) is 0 Å². The van der Waals surface area contributed by atoms with E-state index in [1.165, 1.54) is 0 Å². The van der Waals surface area contributed by atoms with Crippen LogP contribution in [0.4, 0.5) is 14.5 Å². The molecule has 0 atom stereocenters. The number of aliphatic hydroxyl groups is 1. The highest BCUT2D eigenvalue weighted by Crippen LogP contribution is 2.48. The highest BCUT2D eigenvalue weighted by atomic mass is 79.9. The van der Waals surface area contributed by atoms with E-state index >= 15 is 0 Å². The van der Waals surface area contributed by atoms with Crippen molar-refractivity contribution in [2.24, 2.45) is 11.3 Å². The topological polar surface area (TPSA) is 63.5 Å². The fraction of sp³-hybridized carbons (Fsp3) is 0.550. The maximum Gasteiger partial charge on any atom is 0.248 e. The number of aliphatic hydroxyl groups excluding tert-OH is 1. The third kappa shape index (κ3) is 3.35. The van der Waals surface area contributed by atoms with E-state index in [-0.39, 0.29) is 44.5 Å². The first-order chi connectivity index (χ1) is 13.4. The van der Waals surface area contributed by atoms with Gasteiger partial charge in [-0.25, -0.2) is 8.78 Å². The van der Waals surface area contributed by atoms with Crippen molar-refractivity contribution in [3.63, 3.8) is 0 Å². The molecule has 8 heteroatoms. The lowest BCUT2D eigenvalue weighted by molar-refractivity contribution is -0.179. The summed E-state index contributed by atoms with van der Waals surface area (Å²) in [6.07, 6.45) is 2.13. The first kappa shape index (κ1) is 19.8. The molecule has 2 fully saturated rings. The van der Waals surface area contributed by atoms with Crippen LogP contribution in [0, 0.1) is 11.3 Å². The van der Waals surface area contributed by atoms with Crippen LogP contribution in [-0.2, 0) is 16.1 Å². The minimum atomic E-state index is -2.62. The maximum absolute atomic E-state index is 13.6. The zero-order valence-electron chi connectivity index (χ0n) is 15.4. The van der Waals surface area contributed by atoms with Crippen molar-refractivity contribution in [1.29, 1.82) is 0 Å². The van der Waals surface area contributed by atoms with Crippen LogP contribution < -0.4 is 5.32 Å². The number of carbonyl (C=O) groups is 1. The molecule has 4 rings (SSSR count). The summed E-state index contributed by atoms with van der Waals surface area (Å²) in [7, 11) is 0. The molecule has 0 radical (unpaired) electrons. The van der Waals surface area contributed by atoms with Crippen molar-refractivity contribution in [1.82, 2.24) is 4.57 Å². The second kappa shape index (κ2) is 7.39. The highest BCUT2D eigenvalue weighted by molar-refractivity contribution is 9.10. The fourth-order valence-corrected chi connectivity index (χ4v) is 4.98. The van der Waals surface area contributed by atoms with Gasteiger partial charge in [-0.15, -0.1) is 0 Å². The van der Waals surface area contributed by atoms with Crippen molar-refractivity contribution in [3.8, 4) is 0 Å². The number of benzene rings is 1. The number of amides is 1. The number of carbonyl (C=O) groups excluding carboxylic acids is 1. The molecule has 0 unspecified atom stereocenters. The van der Waals surface area contributed by atoms with E-state index in [0.29, 0.717) is 25.1 Å². The van der Waals surface area contributed by atoms with E-state index in [9.17, 15) is 18.7 Å². The van der Waals surface area contributed by atoms with Gasteiger partial charge in [-0.1, -0.05) is 22.0 Å². The van der Waals surface area contributed by atoms with Crippen molar-refractivity contribution in [2.45, 2.75) is 38.2 Å². The largest absolute Gasteiger partial charge is 0.395 e. The molecular formula is C20H23BrF2N2O3. The van der Waals surface area contributed by atoms with Gasteiger partial charge in [-0.3, -0.25) is 4.79 Å². The van der Waals surface area contributed by atoms with E-state index < -0.39 is 11.3 Å². The number of alkyl halides is 2. The number of ether oxygens (including phenoxy) is 1. The van der Waals surface area contributed by atoms with E-state index in [2.05, 4.69) is 21.2 Å². The maximum atomic E-state index is 13.6. The van der Waals surface area contributed by atoms with Crippen LogP contribution in [0.15, 0.2) is 28.9 Å². The predicted molar refractivity (Wildman–Crippen MR) is 106 cm³/mol. The van der Waals surface area contributed by atoms with Crippen LogP contribution in [0.2, 0.25) is 0 Å². The molecule has 2 aromatic rings. The Morgan fingerprint density at radius 1 is 1.32 bits per heavy atom. The number of rotatable bonds is 5. The summed E-state index contributed by atoms with van der Waals surface area (Å²) >= 11 is 3.54. The monoisotopic (exact) mass is 456 g/mol. The Morgan fingerprint density at radius 3 is 2.64 bits per heavy atom. The Hall–Kier alpha value is -1.51. The van der Waals surface area contributed by atoms with Gasteiger partial charge >= 0.3 is 0 Å². The Labute approximate surface area is 170 Å². The molecule has 1 aromatic heterocycles. The number of nitrogens with one attached hydrogen (secondary N) is 1. The molecule has 2 N–H and O–H groups in total.